The number of hydrogen-bond donors (Lipinski definition) is 1. The lowest BCUT2D eigenvalue weighted by Gasteiger charge is -2.09. The van der Waals surface area contributed by atoms with Gasteiger partial charge in [-0.3, -0.25) is 0 Å². The zero-order chi connectivity index (χ0) is 12.6. The fourth-order valence-electron chi connectivity index (χ4n) is 0.857. The number of ether oxygens (including phenoxy) is 3. The molecule has 0 fully saturated rings. The van der Waals surface area contributed by atoms with E-state index in [0.717, 1.165) is 0 Å². The van der Waals surface area contributed by atoms with Crippen LogP contribution in [0.3, 0.4) is 0 Å². The highest BCUT2D eigenvalue weighted by Gasteiger charge is 2.24. The third kappa shape index (κ3) is 4.20. The Kier molecular flexibility index (Phi) is 6.74. The molecular weight excluding hydrogens is 216 g/mol. The fraction of sp³-hybridized carbons (Fsp3) is 0.600. The van der Waals surface area contributed by atoms with Crippen molar-refractivity contribution in [3.05, 3.63) is 11.5 Å². The van der Waals surface area contributed by atoms with Gasteiger partial charge in [0, 0.05) is 0 Å². The fourth-order valence-corrected chi connectivity index (χ4v) is 0.857. The van der Waals surface area contributed by atoms with Crippen LogP contribution in [0.2, 0.25) is 0 Å². The quantitative estimate of drug-likeness (QED) is 0.416. The van der Waals surface area contributed by atoms with Gasteiger partial charge >= 0.3 is 11.9 Å². The minimum absolute atomic E-state index is 0.0884. The second-order valence-corrected chi connectivity index (χ2v) is 2.55. The second-order valence-electron chi connectivity index (χ2n) is 2.55. The molecule has 92 valence electrons. The van der Waals surface area contributed by atoms with E-state index in [1.807, 2.05) is 0 Å². The lowest BCUT2D eigenvalue weighted by molar-refractivity contribution is -0.147. The number of hydrogen-bond acceptors (Lipinski definition) is 6. The van der Waals surface area contributed by atoms with Crippen LogP contribution in [-0.2, 0) is 23.8 Å². The van der Waals surface area contributed by atoms with Gasteiger partial charge in [0.1, 0.15) is 0 Å². The van der Waals surface area contributed by atoms with E-state index in [1.54, 1.807) is 20.8 Å². The van der Waals surface area contributed by atoms with Crippen LogP contribution < -0.4 is 0 Å². The first kappa shape index (κ1) is 14.3. The van der Waals surface area contributed by atoms with Crippen molar-refractivity contribution in [3.63, 3.8) is 0 Å². The molecule has 0 rings (SSSR count). The molecule has 0 aliphatic rings. The molecule has 0 amide bonds. The van der Waals surface area contributed by atoms with E-state index in [4.69, 9.17) is 4.74 Å². The Labute approximate surface area is 93.8 Å². The van der Waals surface area contributed by atoms with Gasteiger partial charge in [-0.25, -0.2) is 9.59 Å². The van der Waals surface area contributed by atoms with E-state index in [9.17, 15) is 14.7 Å². The smallest absolute Gasteiger partial charge is 0.377 e. The molecule has 0 spiro atoms. The lowest BCUT2D eigenvalue weighted by Crippen LogP contribution is -2.18. The monoisotopic (exact) mass is 232 g/mol. The van der Waals surface area contributed by atoms with Crippen LogP contribution in [0.1, 0.15) is 20.8 Å². The highest BCUT2D eigenvalue weighted by atomic mass is 16.6. The van der Waals surface area contributed by atoms with Gasteiger partial charge in [0.2, 0.25) is 0 Å². The molecule has 0 bridgehead atoms. The van der Waals surface area contributed by atoms with Crippen LogP contribution in [0.5, 0.6) is 0 Å². The number of rotatable bonds is 6. The van der Waals surface area contributed by atoms with Gasteiger partial charge in [0.05, 0.1) is 19.8 Å². The molecule has 0 aromatic heterocycles. The third-order valence-electron chi connectivity index (χ3n) is 1.43. The van der Waals surface area contributed by atoms with E-state index in [2.05, 4.69) is 9.47 Å². The zero-order valence-corrected chi connectivity index (χ0v) is 9.61. The first-order chi connectivity index (χ1) is 7.58. The molecular formula is C10H16O6. The molecule has 0 saturated heterocycles. The van der Waals surface area contributed by atoms with Crippen molar-refractivity contribution >= 4 is 11.9 Å². The Balaban J connectivity index is 4.90. The third-order valence-corrected chi connectivity index (χ3v) is 1.43. The number of carbonyl (C=O) groups is 2. The van der Waals surface area contributed by atoms with Gasteiger partial charge in [-0.15, -0.1) is 0 Å². The van der Waals surface area contributed by atoms with Gasteiger partial charge in [0.25, 0.3) is 11.5 Å². The Morgan fingerprint density at radius 2 is 1.31 bits per heavy atom. The highest BCUT2D eigenvalue weighted by Crippen LogP contribution is 2.08. The maximum atomic E-state index is 11.3. The Bertz CT molecular complexity index is 281. The average Bonchev–Trinajstić information content (AvgIpc) is 2.25. The Morgan fingerprint density at radius 1 is 0.875 bits per heavy atom. The van der Waals surface area contributed by atoms with Crippen molar-refractivity contribution in [3.8, 4) is 0 Å². The molecule has 1 N–H and O–H groups in total. The maximum Gasteiger partial charge on any atom is 0.377 e. The molecule has 6 heteroatoms. The van der Waals surface area contributed by atoms with Gasteiger partial charge < -0.3 is 19.3 Å². The number of aliphatic hydroxyl groups excluding tert-OH is 1. The number of carbonyl (C=O) groups excluding carboxylic acids is 2. The molecule has 0 radical (unpaired) electrons. The molecule has 0 aliphatic heterocycles. The summed E-state index contributed by atoms with van der Waals surface area (Å²) in [6, 6.07) is 0. The topological polar surface area (TPSA) is 82.1 Å². The number of aliphatic hydroxyl groups is 1. The summed E-state index contributed by atoms with van der Waals surface area (Å²) in [4.78, 5) is 22.5. The summed E-state index contributed by atoms with van der Waals surface area (Å²) in [5, 5.41) is 9.42. The summed E-state index contributed by atoms with van der Waals surface area (Å²) in [7, 11) is 0. The summed E-state index contributed by atoms with van der Waals surface area (Å²) in [6.07, 6.45) is 0. The van der Waals surface area contributed by atoms with Crippen molar-refractivity contribution in [1.29, 1.82) is 0 Å². The molecule has 6 nitrogen and oxygen atoms in total. The summed E-state index contributed by atoms with van der Waals surface area (Å²) in [5.41, 5.74) is 0. The largest absolute Gasteiger partial charge is 0.499 e. The van der Waals surface area contributed by atoms with Crippen molar-refractivity contribution in [2.24, 2.45) is 0 Å². The first-order valence-corrected chi connectivity index (χ1v) is 4.98. The maximum absolute atomic E-state index is 11.3. The molecule has 0 saturated carbocycles. The number of esters is 2. The van der Waals surface area contributed by atoms with Crippen LogP contribution in [0.15, 0.2) is 11.5 Å². The summed E-state index contributed by atoms with van der Waals surface area (Å²) < 4.78 is 14.0. The highest BCUT2D eigenvalue weighted by molar-refractivity contribution is 5.97. The minimum atomic E-state index is -1.01. The van der Waals surface area contributed by atoms with Gasteiger partial charge in [-0.1, -0.05) is 0 Å². The zero-order valence-electron chi connectivity index (χ0n) is 9.61. The molecule has 0 unspecified atom stereocenters. The summed E-state index contributed by atoms with van der Waals surface area (Å²) in [5.74, 6) is -3.31. The van der Waals surface area contributed by atoms with E-state index in [1.165, 1.54) is 0 Å². The normalized spacial score (nSPS) is 11.4. The standard InChI is InChI=1S/C10H16O6/c1-4-14-8(10(13)16-6-3)7(11)9(12)15-5-2/h11H,4-6H2,1-3H3/b8-7+. The van der Waals surface area contributed by atoms with Gasteiger partial charge in [0.15, 0.2) is 0 Å². The minimum Gasteiger partial charge on any atom is -0.499 e. The van der Waals surface area contributed by atoms with E-state index >= 15 is 0 Å². The molecule has 0 aliphatic carbocycles. The van der Waals surface area contributed by atoms with Crippen LogP contribution >= 0.6 is 0 Å². The summed E-state index contributed by atoms with van der Waals surface area (Å²) >= 11 is 0. The van der Waals surface area contributed by atoms with Crippen LogP contribution in [0.4, 0.5) is 0 Å². The van der Waals surface area contributed by atoms with Gasteiger partial charge in [-0.2, -0.15) is 0 Å². The predicted octanol–water partition coefficient (Wildman–Crippen LogP) is 0.919. The molecule has 0 aromatic rings. The van der Waals surface area contributed by atoms with Crippen molar-refractivity contribution < 1.29 is 28.9 Å². The van der Waals surface area contributed by atoms with Crippen molar-refractivity contribution in [1.82, 2.24) is 0 Å². The van der Waals surface area contributed by atoms with E-state index in [0.29, 0.717) is 0 Å². The Hall–Kier alpha value is -1.72. The predicted molar refractivity (Wildman–Crippen MR) is 54.5 cm³/mol. The first-order valence-electron chi connectivity index (χ1n) is 4.98. The SMILES string of the molecule is CCOC(=O)/C(O)=C(\OCC)C(=O)OCC. The van der Waals surface area contributed by atoms with Crippen LogP contribution in [0.25, 0.3) is 0 Å². The summed E-state index contributed by atoms with van der Waals surface area (Å²) in [6.45, 7) is 5.12. The van der Waals surface area contributed by atoms with Gasteiger partial charge in [-0.05, 0) is 20.8 Å². The van der Waals surface area contributed by atoms with E-state index < -0.39 is 23.5 Å². The van der Waals surface area contributed by atoms with E-state index in [-0.39, 0.29) is 19.8 Å². The molecule has 16 heavy (non-hydrogen) atoms. The lowest BCUT2D eigenvalue weighted by atomic mass is 10.4. The average molecular weight is 232 g/mol. The van der Waals surface area contributed by atoms with Crippen LogP contribution in [-0.4, -0.2) is 36.9 Å². The van der Waals surface area contributed by atoms with Crippen molar-refractivity contribution in [2.75, 3.05) is 19.8 Å². The molecule has 0 aromatic carbocycles. The molecule has 0 atom stereocenters. The second kappa shape index (κ2) is 7.56. The van der Waals surface area contributed by atoms with Crippen LogP contribution in [0, 0.1) is 0 Å². The van der Waals surface area contributed by atoms with Crippen molar-refractivity contribution in [2.45, 2.75) is 20.8 Å². The molecule has 0 heterocycles. The Morgan fingerprint density at radius 3 is 1.75 bits per heavy atom.